The molecule has 1 aromatic carbocycles. The fourth-order valence-corrected chi connectivity index (χ4v) is 5.83. The first kappa shape index (κ1) is 35.9. The molecule has 1 aliphatic rings. The number of rotatable bonds is 19. The van der Waals surface area contributed by atoms with Crippen LogP contribution in [0.25, 0.3) is 17.3 Å². The Kier molecular flexibility index (Phi) is 14.2. The van der Waals surface area contributed by atoms with Crippen LogP contribution >= 0.6 is 11.3 Å². The average Bonchev–Trinajstić information content (AvgIpc) is 3.88. The molecule has 1 aliphatic heterocycles. The molecule has 0 saturated heterocycles. The van der Waals surface area contributed by atoms with Gasteiger partial charge >= 0.3 is 7.69 Å². The first-order valence-electron chi connectivity index (χ1n) is 15.9. The normalized spacial score (nSPS) is 12.9. The summed E-state index contributed by atoms with van der Waals surface area (Å²) in [6.07, 6.45) is 8.97. The van der Waals surface area contributed by atoms with E-state index in [1.807, 2.05) is 60.0 Å². The Morgan fingerprint density at radius 3 is 2.44 bits per heavy atom. The second-order valence-electron chi connectivity index (χ2n) is 11.2. The number of allylic oxidation sites excluding steroid dienone is 2. The zero-order valence-electron chi connectivity index (χ0n) is 27.1. The smallest absolute Gasteiger partial charge is 0.448 e. The average molecular weight is 668 g/mol. The van der Waals surface area contributed by atoms with Crippen LogP contribution in [0.3, 0.4) is 0 Å². The Balaban J connectivity index is 1.21. The van der Waals surface area contributed by atoms with E-state index in [1.165, 1.54) is 4.90 Å². The van der Waals surface area contributed by atoms with Crippen molar-refractivity contribution in [2.45, 2.75) is 32.1 Å². The van der Waals surface area contributed by atoms with Gasteiger partial charge in [-0.15, -0.1) is 11.3 Å². The van der Waals surface area contributed by atoms with Crippen LogP contribution < -0.4 is 10.1 Å². The van der Waals surface area contributed by atoms with Gasteiger partial charge in [0.25, 0.3) is 5.91 Å². The van der Waals surface area contributed by atoms with E-state index < -0.39 is 7.69 Å². The lowest BCUT2D eigenvalue weighted by Crippen LogP contribution is -2.41. The molecule has 0 fully saturated rings. The standard InChI is InChI=1S/C35H39BFN7O3S/c1-42(25-34(45)40-19-7-22-43(20-4-2-17-38)21-5-3-18-39)35(46)26-47-30-13-9-27(10-14-30)32-16-12-29(44(32)36-37)24-28-11-15-31(41-28)33-8-6-23-48-33/h6,8-16,23-24,36H,2-5,7,19-22,25-26H2,1H3,(H,40,45)/b28-24-. The summed E-state index contributed by atoms with van der Waals surface area (Å²) in [7, 11) is 0.846. The van der Waals surface area contributed by atoms with Gasteiger partial charge in [-0.2, -0.15) is 10.5 Å². The van der Waals surface area contributed by atoms with E-state index in [0.29, 0.717) is 36.5 Å². The van der Waals surface area contributed by atoms with E-state index in [4.69, 9.17) is 15.3 Å². The number of carbonyl (C=O) groups excluding carboxylic acids is 2. The van der Waals surface area contributed by atoms with Gasteiger partial charge in [0.1, 0.15) is 5.75 Å². The number of hydrogen-bond donors (Lipinski definition) is 1. The van der Waals surface area contributed by atoms with Crippen LogP contribution in [0.2, 0.25) is 0 Å². The highest BCUT2D eigenvalue weighted by atomic mass is 32.1. The third-order valence-electron chi connectivity index (χ3n) is 7.68. The monoisotopic (exact) mass is 667 g/mol. The van der Waals surface area contributed by atoms with Crippen molar-refractivity contribution in [3.63, 3.8) is 0 Å². The fraction of sp³-hybridized carbons (Fsp3) is 0.343. The maximum atomic E-state index is 14.2. The molecule has 248 valence electrons. The summed E-state index contributed by atoms with van der Waals surface area (Å²) in [6, 6.07) is 19.1. The molecule has 0 unspecified atom stereocenters. The van der Waals surface area contributed by atoms with Crippen LogP contribution in [0.15, 0.2) is 76.8 Å². The molecule has 2 aromatic heterocycles. The number of likely N-dealkylation sites (N-methyl/N-ethyl adjacent to an activating group) is 1. The Hall–Kier alpha value is -4.98. The van der Waals surface area contributed by atoms with E-state index in [9.17, 15) is 13.9 Å². The van der Waals surface area contributed by atoms with Gasteiger partial charge in [0, 0.05) is 37.8 Å². The van der Waals surface area contributed by atoms with E-state index in [0.717, 1.165) is 60.7 Å². The number of unbranched alkanes of at least 4 members (excludes halogenated alkanes) is 2. The first-order valence-corrected chi connectivity index (χ1v) is 16.8. The number of thiophene rings is 1. The second-order valence-corrected chi connectivity index (χ2v) is 12.1. The molecule has 0 aliphatic carbocycles. The predicted octanol–water partition coefficient (Wildman–Crippen LogP) is 4.95. The van der Waals surface area contributed by atoms with Gasteiger partial charge in [-0.05, 0) is 111 Å². The molecule has 0 atom stereocenters. The van der Waals surface area contributed by atoms with Crippen molar-refractivity contribution in [3.05, 3.63) is 82.3 Å². The Morgan fingerprint density at radius 1 is 1.04 bits per heavy atom. The summed E-state index contributed by atoms with van der Waals surface area (Å²) >= 11 is 1.62. The van der Waals surface area contributed by atoms with Gasteiger partial charge in [-0.3, -0.25) is 9.59 Å². The van der Waals surface area contributed by atoms with Crippen molar-refractivity contribution >= 4 is 42.6 Å². The molecule has 0 saturated carbocycles. The van der Waals surface area contributed by atoms with Crippen LogP contribution in [0, 0.1) is 22.7 Å². The summed E-state index contributed by atoms with van der Waals surface area (Å²) in [6.45, 7) is 2.45. The number of nitrogens with zero attached hydrogens (tertiary/aromatic N) is 6. The molecule has 3 aromatic rings. The SMILES string of the molecule is CN(CC(=O)NCCCN(CCCC#N)CCCC#N)C(=O)COc1ccc(-c2ccc(/C=C3/C=CC(c4cccs4)=N3)n2BF)cc1. The molecule has 0 radical (unpaired) electrons. The Bertz CT molecular complexity index is 1670. The van der Waals surface area contributed by atoms with E-state index >= 15 is 0 Å². The number of nitrogens with one attached hydrogen (secondary N) is 1. The topological polar surface area (TPSA) is 127 Å². The third-order valence-corrected chi connectivity index (χ3v) is 8.58. The molecule has 48 heavy (non-hydrogen) atoms. The lowest BCUT2D eigenvalue weighted by Gasteiger charge is -2.21. The molecule has 13 heteroatoms. The van der Waals surface area contributed by atoms with Gasteiger partial charge in [-0.25, -0.2) is 4.99 Å². The lowest BCUT2D eigenvalue weighted by atomic mass is 10.1. The van der Waals surface area contributed by atoms with Gasteiger partial charge in [0.15, 0.2) is 6.61 Å². The third kappa shape index (κ3) is 10.8. The number of hydrogen-bond acceptors (Lipinski definition) is 8. The largest absolute Gasteiger partial charge is 0.484 e. The highest BCUT2D eigenvalue weighted by Crippen LogP contribution is 2.27. The van der Waals surface area contributed by atoms with Crippen LogP contribution in [0.1, 0.15) is 42.7 Å². The number of halogens is 1. The summed E-state index contributed by atoms with van der Waals surface area (Å²) in [5.74, 6) is -0.128. The minimum Gasteiger partial charge on any atom is -0.484 e. The molecule has 10 nitrogen and oxygen atoms in total. The van der Waals surface area contributed by atoms with Crippen molar-refractivity contribution in [1.82, 2.24) is 19.6 Å². The first-order chi connectivity index (χ1) is 23.4. The van der Waals surface area contributed by atoms with E-state index in [2.05, 4.69) is 27.3 Å². The minimum atomic E-state index is -0.704. The van der Waals surface area contributed by atoms with Crippen molar-refractivity contribution in [1.29, 1.82) is 10.5 Å². The number of benzene rings is 1. The maximum absolute atomic E-state index is 14.2. The molecule has 4 rings (SSSR count). The van der Waals surface area contributed by atoms with Gasteiger partial charge < -0.3 is 28.6 Å². The van der Waals surface area contributed by atoms with Crippen molar-refractivity contribution < 1.29 is 18.6 Å². The van der Waals surface area contributed by atoms with E-state index in [1.54, 1.807) is 35.0 Å². The highest BCUT2D eigenvalue weighted by molar-refractivity contribution is 7.12. The molecular formula is C35H39BFN7O3S. The zero-order valence-corrected chi connectivity index (χ0v) is 27.9. The quantitative estimate of drug-likeness (QED) is 0.142. The summed E-state index contributed by atoms with van der Waals surface area (Å²) in [5.41, 5.74) is 3.84. The number of aromatic nitrogens is 1. The number of amides is 2. The van der Waals surface area contributed by atoms with Crippen molar-refractivity contribution in [2.75, 3.05) is 46.4 Å². The van der Waals surface area contributed by atoms with Crippen LogP contribution in [0.4, 0.5) is 4.32 Å². The lowest BCUT2D eigenvalue weighted by molar-refractivity contribution is -0.136. The molecule has 3 heterocycles. The maximum Gasteiger partial charge on any atom is 0.448 e. The highest BCUT2D eigenvalue weighted by Gasteiger charge is 2.15. The number of aliphatic imine (C=N–C) groups is 1. The zero-order chi connectivity index (χ0) is 34.1. The second kappa shape index (κ2) is 19.0. The Morgan fingerprint density at radius 2 is 1.77 bits per heavy atom. The molecule has 0 spiro atoms. The summed E-state index contributed by atoms with van der Waals surface area (Å²) < 4.78 is 21.4. The Labute approximate surface area is 285 Å². The predicted molar refractivity (Wildman–Crippen MR) is 188 cm³/mol. The minimum absolute atomic E-state index is 0.0929. The summed E-state index contributed by atoms with van der Waals surface area (Å²) in [4.78, 5) is 34.3. The molecular weight excluding hydrogens is 628 g/mol. The molecule has 1 N–H and O–H groups in total. The van der Waals surface area contributed by atoms with Crippen LogP contribution in [-0.2, 0) is 9.59 Å². The summed E-state index contributed by atoms with van der Waals surface area (Å²) in [5, 5.41) is 22.4. The van der Waals surface area contributed by atoms with Crippen LogP contribution in [0.5, 0.6) is 5.75 Å². The van der Waals surface area contributed by atoms with E-state index in [-0.39, 0.29) is 25.0 Å². The number of nitriles is 2. The number of ether oxygens (including phenoxy) is 1. The van der Waals surface area contributed by atoms with Gasteiger partial charge in [-0.1, -0.05) is 6.07 Å². The van der Waals surface area contributed by atoms with Crippen LogP contribution in [-0.4, -0.2) is 85.9 Å². The number of carbonyl (C=O) groups is 2. The molecule has 2 amide bonds. The fourth-order valence-electron chi connectivity index (χ4n) is 5.13. The molecule has 0 bridgehead atoms. The van der Waals surface area contributed by atoms with Crippen molar-refractivity contribution in [3.8, 4) is 29.1 Å². The van der Waals surface area contributed by atoms with Gasteiger partial charge in [0.2, 0.25) is 5.91 Å². The van der Waals surface area contributed by atoms with Crippen molar-refractivity contribution in [2.24, 2.45) is 4.99 Å². The van der Waals surface area contributed by atoms with Gasteiger partial charge in [0.05, 0.1) is 35.0 Å².